The van der Waals surface area contributed by atoms with Gasteiger partial charge < -0.3 is 9.47 Å². The molecule has 0 unspecified atom stereocenters. The number of methoxy groups -OCH3 is 2. The maximum atomic E-state index is 11.5. The van der Waals surface area contributed by atoms with E-state index in [9.17, 15) is 9.59 Å². The molecule has 0 aliphatic carbocycles. The van der Waals surface area contributed by atoms with Crippen molar-refractivity contribution in [3.8, 4) is 0 Å². The van der Waals surface area contributed by atoms with Crippen LogP contribution in [-0.2, 0) is 19.1 Å². The summed E-state index contributed by atoms with van der Waals surface area (Å²) in [6, 6.07) is 0. The molecule has 0 aromatic carbocycles. The summed E-state index contributed by atoms with van der Waals surface area (Å²) in [6.07, 6.45) is 12.5. The first-order chi connectivity index (χ1) is 9.65. The Bertz CT molecular complexity index is 342. The van der Waals surface area contributed by atoms with Gasteiger partial charge in [-0.2, -0.15) is 0 Å². The minimum Gasteiger partial charge on any atom is -0.469 e. The number of hydrogen-bond donors (Lipinski definition) is 0. The van der Waals surface area contributed by atoms with E-state index in [-0.39, 0.29) is 6.42 Å². The van der Waals surface area contributed by atoms with Crippen molar-refractivity contribution in [2.45, 2.75) is 51.9 Å². The first kappa shape index (κ1) is 18.4. The van der Waals surface area contributed by atoms with Crippen LogP contribution in [0.25, 0.3) is 0 Å². The third kappa shape index (κ3) is 9.36. The van der Waals surface area contributed by atoms with E-state index >= 15 is 0 Å². The third-order valence-electron chi connectivity index (χ3n) is 2.92. The SMILES string of the molecule is CCCCCCCC=CC=C(CC(=O)OC)C(=O)OC. The molecule has 0 heterocycles. The zero-order chi connectivity index (χ0) is 15.2. The fourth-order valence-corrected chi connectivity index (χ4v) is 1.70. The van der Waals surface area contributed by atoms with Crippen molar-refractivity contribution in [3.05, 3.63) is 23.8 Å². The summed E-state index contributed by atoms with van der Waals surface area (Å²) in [7, 11) is 2.59. The van der Waals surface area contributed by atoms with Gasteiger partial charge in [-0.1, -0.05) is 50.8 Å². The molecule has 0 bridgehead atoms. The van der Waals surface area contributed by atoms with Gasteiger partial charge in [0.05, 0.1) is 20.6 Å². The van der Waals surface area contributed by atoms with Crippen LogP contribution in [0.15, 0.2) is 23.8 Å². The zero-order valence-corrected chi connectivity index (χ0v) is 12.8. The molecule has 0 saturated carbocycles. The van der Waals surface area contributed by atoms with Gasteiger partial charge >= 0.3 is 11.9 Å². The van der Waals surface area contributed by atoms with Gasteiger partial charge in [-0.3, -0.25) is 4.79 Å². The molecule has 0 aliphatic rings. The van der Waals surface area contributed by atoms with Gasteiger partial charge in [0.2, 0.25) is 0 Å². The van der Waals surface area contributed by atoms with Crippen molar-refractivity contribution < 1.29 is 19.1 Å². The van der Waals surface area contributed by atoms with Crippen LogP contribution in [0, 0.1) is 0 Å². The fraction of sp³-hybridized carbons (Fsp3) is 0.625. The van der Waals surface area contributed by atoms with Gasteiger partial charge in [0, 0.05) is 5.57 Å². The topological polar surface area (TPSA) is 52.6 Å². The Hall–Kier alpha value is -1.58. The third-order valence-corrected chi connectivity index (χ3v) is 2.92. The van der Waals surface area contributed by atoms with E-state index in [4.69, 9.17) is 0 Å². The van der Waals surface area contributed by atoms with Crippen LogP contribution in [0.2, 0.25) is 0 Å². The summed E-state index contributed by atoms with van der Waals surface area (Å²) < 4.78 is 9.18. The van der Waals surface area contributed by atoms with Gasteiger partial charge in [-0.25, -0.2) is 4.79 Å². The highest BCUT2D eigenvalue weighted by Gasteiger charge is 2.13. The van der Waals surface area contributed by atoms with Crippen molar-refractivity contribution in [2.75, 3.05) is 14.2 Å². The number of hydrogen-bond acceptors (Lipinski definition) is 4. The number of unbranched alkanes of at least 4 members (excludes halogenated alkanes) is 5. The minimum atomic E-state index is -0.497. The molecule has 0 aromatic heterocycles. The van der Waals surface area contributed by atoms with Gasteiger partial charge in [-0.05, 0) is 12.8 Å². The van der Waals surface area contributed by atoms with Crippen LogP contribution in [0.3, 0.4) is 0 Å². The first-order valence-corrected chi connectivity index (χ1v) is 7.16. The van der Waals surface area contributed by atoms with Crippen molar-refractivity contribution >= 4 is 11.9 Å². The second kappa shape index (κ2) is 12.5. The lowest BCUT2D eigenvalue weighted by Gasteiger charge is -2.02. The number of ether oxygens (including phenoxy) is 2. The largest absolute Gasteiger partial charge is 0.469 e. The highest BCUT2D eigenvalue weighted by molar-refractivity contribution is 5.94. The van der Waals surface area contributed by atoms with Crippen LogP contribution in [0.4, 0.5) is 0 Å². The second-order valence-electron chi connectivity index (χ2n) is 4.57. The Morgan fingerprint density at radius 3 is 2.30 bits per heavy atom. The van der Waals surface area contributed by atoms with Gasteiger partial charge in [0.15, 0.2) is 0 Å². The van der Waals surface area contributed by atoms with E-state index in [1.54, 1.807) is 12.2 Å². The average Bonchev–Trinajstić information content (AvgIpc) is 2.47. The molecule has 0 N–H and O–H groups in total. The average molecular weight is 282 g/mol. The number of carbonyl (C=O) groups is 2. The summed E-state index contributed by atoms with van der Waals surface area (Å²) in [6.45, 7) is 2.19. The molecule has 0 atom stereocenters. The lowest BCUT2D eigenvalue weighted by atomic mass is 10.1. The molecular formula is C16H26O4. The highest BCUT2D eigenvalue weighted by atomic mass is 16.5. The molecule has 4 heteroatoms. The van der Waals surface area contributed by atoms with Crippen molar-refractivity contribution in [2.24, 2.45) is 0 Å². The van der Waals surface area contributed by atoms with E-state index < -0.39 is 11.9 Å². The summed E-state index contributed by atoms with van der Waals surface area (Å²) in [5, 5.41) is 0. The van der Waals surface area contributed by atoms with Crippen molar-refractivity contribution in [1.82, 2.24) is 0 Å². The van der Waals surface area contributed by atoms with E-state index in [1.165, 1.54) is 39.9 Å². The highest BCUT2D eigenvalue weighted by Crippen LogP contribution is 2.08. The van der Waals surface area contributed by atoms with Crippen LogP contribution in [0.5, 0.6) is 0 Å². The molecule has 4 nitrogen and oxygen atoms in total. The lowest BCUT2D eigenvalue weighted by Crippen LogP contribution is -2.10. The molecule has 20 heavy (non-hydrogen) atoms. The first-order valence-electron chi connectivity index (χ1n) is 7.16. The minimum absolute atomic E-state index is 0.0655. The van der Waals surface area contributed by atoms with Crippen LogP contribution in [0.1, 0.15) is 51.9 Å². The van der Waals surface area contributed by atoms with Gasteiger partial charge in [-0.15, -0.1) is 0 Å². The van der Waals surface area contributed by atoms with Gasteiger partial charge in [0.1, 0.15) is 0 Å². The quantitative estimate of drug-likeness (QED) is 0.266. The maximum absolute atomic E-state index is 11.5. The number of allylic oxidation sites excluding steroid dienone is 3. The smallest absolute Gasteiger partial charge is 0.334 e. The Kier molecular flexibility index (Phi) is 11.5. The molecule has 0 amide bonds. The van der Waals surface area contributed by atoms with Gasteiger partial charge in [0.25, 0.3) is 0 Å². The molecular weight excluding hydrogens is 256 g/mol. The fourth-order valence-electron chi connectivity index (χ4n) is 1.70. The molecule has 0 radical (unpaired) electrons. The molecule has 0 rings (SSSR count). The Labute approximate surface area is 121 Å². The number of rotatable bonds is 10. The summed E-state index contributed by atoms with van der Waals surface area (Å²) in [5.74, 6) is -0.947. The number of carbonyl (C=O) groups excluding carboxylic acids is 2. The van der Waals surface area contributed by atoms with E-state index in [2.05, 4.69) is 16.4 Å². The predicted octanol–water partition coefficient (Wildman–Crippen LogP) is 3.57. The Morgan fingerprint density at radius 2 is 1.70 bits per heavy atom. The number of esters is 2. The van der Waals surface area contributed by atoms with Crippen LogP contribution >= 0.6 is 0 Å². The van der Waals surface area contributed by atoms with Crippen molar-refractivity contribution in [3.63, 3.8) is 0 Å². The van der Waals surface area contributed by atoms with Crippen LogP contribution < -0.4 is 0 Å². The lowest BCUT2D eigenvalue weighted by molar-refractivity contribution is -0.143. The second-order valence-corrected chi connectivity index (χ2v) is 4.57. The van der Waals surface area contributed by atoms with E-state index in [1.807, 2.05) is 6.08 Å². The maximum Gasteiger partial charge on any atom is 0.334 e. The monoisotopic (exact) mass is 282 g/mol. The molecule has 0 spiro atoms. The summed E-state index contributed by atoms with van der Waals surface area (Å²) in [4.78, 5) is 22.7. The Morgan fingerprint density at radius 1 is 1.00 bits per heavy atom. The van der Waals surface area contributed by atoms with Crippen molar-refractivity contribution in [1.29, 1.82) is 0 Å². The molecule has 0 aromatic rings. The summed E-state index contributed by atoms with van der Waals surface area (Å²) in [5.41, 5.74) is 0.307. The molecule has 0 saturated heterocycles. The molecule has 0 fully saturated rings. The summed E-state index contributed by atoms with van der Waals surface area (Å²) >= 11 is 0. The molecule has 114 valence electrons. The zero-order valence-electron chi connectivity index (χ0n) is 12.8. The van der Waals surface area contributed by atoms with Crippen LogP contribution in [-0.4, -0.2) is 26.2 Å². The predicted molar refractivity (Wildman–Crippen MR) is 79.2 cm³/mol. The standard InChI is InChI=1S/C16H26O4/c1-4-5-6-7-8-9-10-11-12-14(16(18)20-3)13-15(17)19-2/h10-12H,4-9,13H2,1-3H3. The van der Waals surface area contributed by atoms with E-state index in [0.29, 0.717) is 5.57 Å². The van der Waals surface area contributed by atoms with E-state index in [0.717, 1.165) is 12.8 Å². The Balaban J connectivity index is 4.17. The molecule has 0 aliphatic heterocycles. The normalized spacial score (nSPS) is 11.7.